The van der Waals surface area contributed by atoms with Crippen molar-refractivity contribution in [1.82, 2.24) is 4.90 Å². The molecule has 1 aliphatic rings. The molecule has 0 bridgehead atoms. The van der Waals surface area contributed by atoms with Gasteiger partial charge in [0, 0.05) is 17.6 Å². The van der Waals surface area contributed by atoms with Gasteiger partial charge in [-0.25, -0.2) is 0 Å². The Balaban J connectivity index is 2.29. The fourth-order valence-corrected chi connectivity index (χ4v) is 3.56. The van der Waals surface area contributed by atoms with E-state index in [4.69, 9.17) is 10.5 Å². The van der Waals surface area contributed by atoms with Gasteiger partial charge < -0.3 is 15.6 Å². The van der Waals surface area contributed by atoms with Gasteiger partial charge in [-0.2, -0.15) is 0 Å². The van der Waals surface area contributed by atoms with Crippen LogP contribution in [-0.4, -0.2) is 42.4 Å². The van der Waals surface area contributed by atoms with Crippen LogP contribution in [0.3, 0.4) is 0 Å². The van der Waals surface area contributed by atoms with E-state index in [2.05, 4.69) is 18.0 Å². The highest BCUT2D eigenvalue weighted by molar-refractivity contribution is 5.36. The van der Waals surface area contributed by atoms with E-state index in [0.717, 1.165) is 30.6 Å². The number of aliphatic hydroxyl groups is 1. The zero-order valence-corrected chi connectivity index (χ0v) is 13.3. The van der Waals surface area contributed by atoms with Gasteiger partial charge in [0.05, 0.1) is 19.3 Å². The molecule has 4 heteroatoms. The normalized spacial score (nSPS) is 25.6. The zero-order valence-electron chi connectivity index (χ0n) is 13.3. The minimum atomic E-state index is -0.264. The molecule has 1 aromatic carbocycles. The van der Waals surface area contributed by atoms with E-state index in [1.54, 1.807) is 7.11 Å². The molecule has 1 aromatic rings. The van der Waals surface area contributed by atoms with Gasteiger partial charge in [-0.3, -0.25) is 4.90 Å². The third kappa shape index (κ3) is 3.57. The van der Waals surface area contributed by atoms with E-state index in [0.29, 0.717) is 0 Å². The maximum absolute atomic E-state index is 10.3. The lowest BCUT2D eigenvalue weighted by Gasteiger charge is -2.41. The van der Waals surface area contributed by atoms with Crippen LogP contribution in [0.25, 0.3) is 0 Å². The number of nitrogens with two attached hydrogens (primary N) is 1. The molecule has 4 atom stereocenters. The number of benzene rings is 1. The molecule has 21 heavy (non-hydrogen) atoms. The van der Waals surface area contributed by atoms with Crippen molar-refractivity contribution in [3.8, 4) is 5.75 Å². The van der Waals surface area contributed by atoms with Gasteiger partial charge in [0.15, 0.2) is 0 Å². The molecule has 2 rings (SSSR count). The van der Waals surface area contributed by atoms with Crippen LogP contribution in [0.2, 0.25) is 0 Å². The number of hydrogen-bond acceptors (Lipinski definition) is 4. The number of hydrogen-bond donors (Lipinski definition) is 2. The fraction of sp³-hybridized carbons (Fsp3) is 0.647. The van der Waals surface area contributed by atoms with Crippen LogP contribution >= 0.6 is 0 Å². The topological polar surface area (TPSA) is 58.7 Å². The van der Waals surface area contributed by atoms with Gasteiger partial charge in [0.2, 0.25) is 0 Å². The number of aliphatic hydroxyl groups excluding tert-OH is 1. The third-order valence-electron chi connectivity index (χ3n) is 4.61. The molecule has 0 radical (unpaired) electrons. The summed E-state index contributed by atoms with van der Waals surface area (Å²) < 4.78 is 5.50. The van der Waals surface area contributed by atoms with Crippen molar-refractivity contribution in [2.24, 2.45) is 5.73 Å². The van der Waals surface area contributed by atoms with Gasteiger partial charge in [-0.1, -0.05) is 31.0 Å². The van der Waals surface area contributed by atoms with Crippen LogP contribution in [0.1, 0.15) is 44.2 Å². The summed E-state index contributed by atoms with van der Waals surface area (Å²) in [5, 5.41) is 10.3. The quantitative estimate of drug-likeness (QED) is 0.874. The first-order valence-corrected chi connectivity index (χ1v) is 7.84. The van der Waals surface area contributed by atoms with Crippen LogP contribution in [0.5, 0.6) is 5.75 Å². The highest BCUT2D eigenvalue weighted by atomic mass is 16.5. The van der Waals surface area contributed by atoms with Gasteiger partial charge in [0.25, 0.3) is 0 Å². The largest absolute Gasteiger partial charge is 0.496 e. The van der Waals surface area contributed by atoms with Crippen molar-refractivity contribution >= 4 is 0 Å². The molecular formula is C17H28N2O2. The molecule has 0 spiro atoms. The zero-order chi connectivity index (χ0) is 15.4. The number of methoxy groups -OCH3 is 1. The molecule has 118 valence electrons. The Morgan fingerprint density at radius 3 is 2.57 bits per heavy atom. The van der Waals surface area contributed by atoms with Crippen LogP contribution in [0, 0.1) is 0 Å². The van der Waals surface area contributed by atoms with Crippen LogP contribution in [-0.2, 0) is 0 Å². The van der Waals surface area contributed by atoms with Gasteiger partial charge in [-0.15, -0.1) is 0 Å². The monoisotopic (exact) mass is 292 g/mol. The SMILES string of the molecule is COc1ccccc1C(C(C)N)N(C)C1CCCCC1O. The third-order valence-corrected chi connectivity index (χ3v) is 4.61. The van der Waals surface area contributed by atoms with E-state index >= 15 is 0 Å². The van der Waals surface area contributed by atoms with Crippen molar-refractivity contribution in [3.63, 3.8) is 0 Å². The summed E-state index contributed by atoms with van der Waals surface area (Å²) in [7, 11) is 3.76. The average Bonchev–Trinajstić information content (AvgIpc) is 2.48. The van der Waals surface area contributed by atoms with Crippen LogP contribution in [0.15, 0.2) is 24.3 Å². The second kappa shape index (κ2) is 7.25. The molecule has 1 aliphatic carbocycles. The van der Waals surface area contributed by atoms with E-state index in [1.807, 2.05) is 25.1 Å². The smallest absolute Gasteiger partial charge is 0.123 e. The lowest BCUT2D eigenvalue weighted by Crippen LogP contribution is -2.49. The van der Waals surface area contributed by atoms with Crippen LogP contribution < -0.4 is 10.5 Å². The maximum Gasteiger partial charge on any atom is 0.123 e. The Morgan fingerprint density at radius 1 is 1.29 bits per heavy atom. The van der Waals surface area contributed by atoms with Crippen molar-refractivity contribution in [3.05, 3.63) is 29.8 Å². The van der Waals surface area contributed by atoms with Crippen molar-refractivity contribution in [2.75, 3.05) is 14.2 Å². The predicted octanol–water partition coefficient (Wildman–Crippen LogP) is 2.32. The molecule has 0 aromatic heterocycles. The number of likely N-dealkylation sites (N-methyl/N-ethyl adjacent to an activating group) is 1. The van der Waals surface area contributed by atoms with Gasteiger partial charge >= 0.3 is 0 Å². The summed E-state index contributed by atoms with van der Waals surface area (Å²) in [6, 6.07) is 8.18. The van der Waals surface area contributed by atoms with E-state index < -0.39 is 0 Å². The van der Waals surface area contributed by atoms with E-state index in [-0.39, 0.29) is 24.2 Å². The summed E-state index contributed by atoms with van der Waals surface area (Å²) in [5.74, 6) is 0.858. The molecule has 0 aliphatic heterocycles. The Labute approximate surface area is 127 Å². The minimum absolute atomic E-state index is 0.0406. The minimum Gasteiger partial charge on any atom is -0.496 e. The fourth-order valence-electron chi connectivity index (χ4n) is 3.56. The second-order valence-electron chi connectivity index (χ2n) is 6.13. The average molecular weight is 292 g/mol. The highest BCUT2D eigenvalue weighted by Gasteiger charge is 2.34. The Kier molecular flexibility index (Phi) is 5.62. The van der Waals surface area contributed by atoms with Crippen molar-refractivity contribution in [2.45, 2.75) is 56.8 Å². The summed E-state index contributed by atoms with van der Waals surface area (Å²) in [6.45, 7) is 2.02. The number of ether oxygens (including phenoxy) is 1. The predicted molar refractivity (Wildman–Crippen MR) is 85.4 cm³/mol. The Hall–Kier alpha value is -1.10. The molecule has 1 saturated carbocycles. The molecule has 0 amide bonds. The van der Waals surface area contributed by atoms with E-state index in [9.17, 15) is 5.11 Å². The maximum atomic E-state index is 10.3. The summed E-state index contributed by atoms with van der Waals surface area (Å²) in [5.41, 5.74) is 7.36. The molecule has 0 saturated heterocycles. The van der Waals surface area contributed by atoms with Crippen molar-refractivity contribution < 1.29 is 9.84 Å². The first-order valence-electron chi connectivity index (χ1n) is 7.84. The molecule has 3 N–H and O–H groups in total. The number of para-hydroxylation sites is 1. The lowest BCUT2D eigenvalue weighted by atomic mass is 9.88. The van der Waals surface area contributed by atoms with Gasteiger partial charge in [-0.05, 0) is 32.9 Å². The second-order valence-corrected chi connectivity index (χ2v) is 6.13. The molecule has 0 heterocycles. The van der Waals surface area contributed by atoms with Crippen molar-refractivity contribution in [1.29, 1.82) is 0 Å². The molecule has 4 nitrogen and oxygen atoms in total. The first kappa shape index (κ1) is 16.3. The Bertz CT molecular complexity index is 450. The standard InChI is InChI=1S/C17H28N2O2/c1-12(18)17(13-8-4-7-11-16(13)21-3)19(2)14-9-5-6-10-15(14)20/h4,7-8,11-12,14-15,17,20H,5-6,9-10,18H2,1-3H3. The van der Waals surface area contributed by atoms with Gasteiger partial charge in [0.1, 0.15) is 5.75 Å². The molecule has 4 unspecified atom stereocenters. The lowest BCUT2D eigenvalue weighted by molar-refractivity contribution is 0.00745. The molecular weight excluding hydrogens is 264 g/mol. The Morgan fingerprint density at radius 2 is 1.95 bits per heavy atom. The molecule has 1 fully saturated rings. The number of rotatable bonds is 5. The highest BCUT2D eigenvalue weighted by Crippen LogP contribution is 2.34. The summed E-state index contributed by atoms with van der Waals surface area (Å²) in [6.07, 6.45) is 3.93. The van der Waals surface area contributed by atoms with E-state index in [1.165, 1.54) is 6.42 Å². The van der Waals surface area contributed by atoms with Crippen LogP contribution in [0.4, 0.5) is 0 Å². The summed E-state index contributed by atoms with van der Waals surface area (Å²) in [4.78, 5) is 2.24. The first-order chi connectivity index (χ1) is 10.1. The number of nitrogens with zero attached hydrogens (tertiary/aromatic N) is 1. The summed E-state index contributed by atoms with van der Waals surface area (Å²) >= 11 is 0.